The monoisotopic (exact) mass is 427 g/mol. The zero-order chi connectivity index (χ0) is 19.1. The molecule has 27 heavy (non-hydrogen) atoms. The van der Waals surface area contributed by atoms with Gasteiger partial charge in [-0.25, -0.2) is 9.59 Å². The number of hydroxylamine groups is 2. The van der Waals surface area contributed by atoms with Crippen molar-refractivity contribution >= 4 is 47.1 Å². The molecule has 3 fully saturated rings. The van der Waals surface area contributed by atoms with Gasteiger partial charge in [-0.15, -0.1) is 5.06 Å². The molecule has 2 N–H and O–H groups in total. The molecule has 3 rings (SSSR count). The summed E-state index contributed by atoms with van der Waals surface area (Å²) in [5.41, 5.74) is 0. The van der Waals surface area contributed by atoms with Crippen LogP contribution in [0.5, 0.6) is 0 Å². The molecule has 0 spiro atoms. The number of carbonyl (C=O) groups excluding carboxylic acids is 4. The van der Waals surface area contributed by atoms with E-state index in [9.17, 15) is 19.2 Å². The summed E-state index contributed by atoms with van der Waals surface area (Å²) in [6, 6.07) is 0.256. The molecule has 144 valence electrons. The average molecular weight is 427 g/mol. The van der Waals surface area contributed by atoms with Crippen LogP contribution in [0.4, 0.5) is 4.79 Å². The molecule has 3 atom stereocenters. The second kappa shape index (κ2) is 11.7. The maximum atomic E-state index is 11.7. The number of urea groups is 1. The summed E-state index contributed by atoms with van der Waals surface area (Å²) >= 11 is 1.08. The fourth-order valence-corrected chi connectivity index (χ4v) is 4.51. The third-order valence-electron chi connectivity index (χ3n) is 4.13. The van der Waals surface area contributed by atoms with Crippen LogP contribution in [-0.4, -0.2) is 60.4 Å². The van der Waals surface area contributed by atoms with Gasteiger partial charge >= 0.3 is 53.1 Å². The van der Waals surface area contributed by atoms with Gasteiger partial charge in [-0.1, -0.05) is 12.8 Å². The van der Waals surface area contributed by atoms with Crippen LogP contribution < -0.4 is 40.2 Å². The van der Waals surface area contributed by atoms with E-state index >= 15 is 0 Å². The number of unbranched alkanes of at least 4 members (excludes halogenated alkanes) is 1. The van der Waals surface area contributed by atoms with Gasteiger partial charge in [0.15, 0.2) is 0 Å². The number of nitrogens with zero attached hydrogens (tertiary/aromatic N) is 1. The fourth-order valence-electron chi connectivity index (χ4n) is 2.96. The van der Waals surface area contributed by atoms with E-state index in [1.807, 2.05) is 11.8 Å². The Morgan fingerprint density at radius 2 is 1.96 bits per heavy atom. The van der Waals surface area contributed by atoms with Crippen molar-refractivity contribution in [2.75, 3.05) is 5.75 Å². The molecule has 13 heteroatoms. The molecule has 4 amide bonds. The van der Waals surface area contributed by atoms with Crippen molar-refractivity contribution in [3.05, 3.63) is 6.42 Å². The standard InChI is InChI=1S/C14H18N3O5S.Na.O2S/c18-10-5-6-11(19)17(10)22-12(20)4-2-1-3-9-13-8(7-23-9)15-14(21)16-13;;1-3-2/h5,8-9,13H,1-4,6-7H2,(H2,15,16,21);;/q-1;+1;/t8-,9?,13-;;/m0../s1. The van der Waals surface area contributed by atoms with Crippen molar-refractivity contribution in [3.8, 4) is 0 Å². The molecule has 0 aromatic rings. The van der Waals surface area contributed by atoms with E-state index in [2.05, 4.69) is 10.6 Å². The van der Waals surface area contributed by atoms with Crippen LogP contribution >= 0.6 is 11.8 Å². The minimum Gasteiger partial charge on any atom is -0.333 e. The molecule has 0 aromatic heterocycles. The molecule has 3 saturated heterocycles. The molecule has 1 unspecified atom stereocenters. The van der Waals surface area contributed by atoms with Gasteiger partial charge in [0.1, 0.15) is 5.91 Å². The van der Waals surface area contributed by atoms with Gasteiger partial charge in [0.05, 0.1) is 12.1 Å². The van der Waals surface area contributed by atoms with Gasteiger partial charge in [-0.2, -0.15) is 20.2 Å². The summed E-state index contributed by atoms with van der Waals surface area (Å²) in [7, 11) is 0. The Balaban J connectivity index is 0.000000855. The van der Waals surface area contributed by atoms with Crippen molar-refractivity contribution in [3.63, 3.8) is 0 Å². The van der Waals surface area contributed by atoms with Gasteiger partial charge in [0, 0.05) is 17.4 Å². The molecule has 0 aromatic carbocycles. The van der Waals surface area contributed by atoms with E-state index in [-0.39, 0.29) is 60.5 Å². The Morgan fingerprint density at radius 1 is 1.26 bits per heavy atom. The molecule has 3 aliphatic heterocycles. The number of carbonyl (C=O) groups is 4. The van der Waals surface area contributed by atoms with Gasteiger partial charge in [-0.3, -0.25) is 11.2 Å². The molecule has 10 nitrogen and oxygen atoms in total. The summed E-state index contributed by atoms with van der Waals surface area (Å²) in [5.74, 6) is -0.761. The number of imide groups is 1. The van der Waals surface area contributed by atoms with E-state index in [1.54, 1.807) is 0 Å². The molecule has 0 saturated carbocycles. The Hall–Kier alpha value is -1.08. The van der Waals surface area contributed by atoms with Crippen LogP contribution in [0.25, 0.3) is 0 Å². The third-order valence-corrected chi connectivity index (χ3v) is 5.64. The van der Waals surface area contributed by atoms with E-state index in [4.69, 9.17) is 13.3 Å². The van der Waals surface area contributed by atoms with Crippen molar-refractivity contribution in [1.29, 1.82) is 0 Å². The number of rotatable bonds is 6. The number of amides is 4. The maximum Gasteiger partial charge on any atom is 1.00 e. The number of hydrogen-bond donors (Lipinski definition) is 2. The number of nitrogens with one attached hydrogen (secondary N) is 2. The Labute approximate surface area is 185 Å². The molecule has 0 radical (unpaired) electrons. The van der Waals surface area contributed by atoms with Crippen LogP contribution in [-0.2, 0) is 30.8 Å². The minimum atomic E-state index is -0.750. The first-order valence-corrected chi connectivity index (χ1v) is 9.69. The molecule has 3 heterocycles. The summed E-state index contributed by atoms with van der Waals surface area (Å²) in [5, 5.41) is 6.69. The first-order chi connectivity index (χ1) is 12.5. The Morgan fingerprint density at radius 3 is 2.59 bits per heavy atom. The Bertz CT molecular complexity index is 614. The number of thioether (sulfide) groups is 1. The quantitative estimate of drug-likeness (QED) is 0.146. The molecule has 0 aliphatic carbocycles. The van der Waals surface area contributed by atoms with E-state index < -0.39 is 29.4 Å². The molecule has 0 bridgehead atoms. The van der Waals surface area contributed by atoms with Gasteiger partial charge in [-0.05, 0) is 12.8 Å². The summed E-state index contributed by atoms with van der Waals surface area (Å²) < 4.78 is 16.6. The van der Waals surface area contributed by atoms with Crippen molar-refractivity contribution in [1.82, 2.24) is 15.7 Å². The van der Waals surface area contributed by atoms with Crippen molar-refractivity contribution in [2.24, 2.45) is 0 Å². The first-order valence-electron chi connectivity index (χ1n) is 7.97. The Kier molecular flexibility index (Phi) is 10.4. The maximum absolute atomic E-state index is 11.7. The van der Waals surface area contributed by atoms with Crippen LogP contribution in [0.15, 0.2) is 0 Å². The van der Waals surface area contributed by atoms with E-state index in [0.29, 0.717) is 16.7 Å². The third kappa shape index (κ3) is 6.79. The SMILES string of the molecule is O=C1N[C@H]2CSC(CCCCC(=O)ON3C(=O)[CH-]CC3=O)[C@H]2N1.O=S=O.[Na+]. The van der Waals surface area contributed by atoms with Crippen molar-refractivity contribution in [2.45, 2.75) is 49.4 Å². The smallest absolute Gasteiger partial charge is 0.333 e. The van der Waals surface area contributed by atoms with E-state index in [0.717, 1.165) is 18.6 Å². The fraction of sp³-hybridized carbons (Fsp3) is 0.643. The predicted octanol–water partition coefficient (Wildman–Crippen LogP) is -3.53. The average Bonchev–Trinajstić information content (AvgIpc) is 3.23. The van der Waals surface area contributed by atoms with Gasteiger partial charge < -0.3 is 20.3 Å². The normalized spacial score (nSPS) is 25.3. The second-order valence-corrected chi connectivity index (χ2v) is 7.24. The van der Waals surface area contributed by atoms with E-state index in [1.165, 1.54) is 6.42 Å². The second-order valence-electron chi connectivity index (χ2n) is 5.83. The summed E-state index contributed by atoms with van der Waals surface area (Å²) in [6.07, 6.45) is 3.67. The van der Waals surface area contributed by atoms with Gasteiger partial charge in [0.2, 0.25) is 5.91 Å². The molecule has 3 aliphatic rings. The number of fused-ring (bicyclic) bond motifs is 1. The van der Waals surface area contributed by atoms with Crippen LogP contribution in [0.2, 0.25) is 0 Å². The first kappa shape index (κ1) is 24.0. The summed E-state index contributed by atoms with van der Waals surface area (Å²) in [4.78, 5) is 50.3. The zero-order valence-electron chi connectivity index (χ0n) is 14.7. The largest absolute Gasteiger partial charge is 1.00 e. The van der Waals surface area contributed by atoms with Crippen LogP contribution in [0.3, 0.4) is 0 Å². The summed E-state index contributed by atoms with van der Waals surface area (Å²) in [6.45, 7) is 0. The van der Waals surface area contributed by atoms with Gasteiger partial charge in [0.25, 0.3) is 0 Å². The van der Waals surface area contributed by atoms with Crippen LogP contribution in [0, 0.1) is 6.42 Å². The predicted molar refractivity (Wildman–Crippen MR) is 89.7 cm³/mol. The molecular weight excluding hydrogens is 409 g/mol. The minimum absolute atomic E-state index is 0. The topological polar surface area (TPSA) is 139 Å². The zero-order valence-corrected chi connectivity index (χ0v) is 18.3. The van der Waals surface area contributed by atoms with Crippen molar-refractivity contribution < 1.29 is 62.0 Å². The van der Waals surface area contributed by atoms with Crippen LogP contribution in [0.1, 0.15) is 32.1 Å². The molecular formula is C14H18N3NaO7S2. The number of hydrogen-bond acceptors (Lipinski definition) is 8.